The highest BCUT2D eigenvalue weighted by Crippen LogP contribution is 2.48. The van der Waals surface area contributed by atoms with Crippen molar-refractivity contribution >= 4 is 11.9 Å². The Balaban J connectivity index is 1.36. The molecule has 0 saturated heterocycles. The van der Waals surface area contributed by atoms with E-state index in [1.165, 1.54) is 18.4 Å². The summed E-state index contributed by atoms with van der Waals surface area (Å²) in [6, 6.07) is 15.4. The van der Waals surface area contributed by atoms with Crippen LogP contribution in [-0.4, -0.2) is 33.3 Å². The Bertz CT molecular complexity index is 1240. The number of hydrogen-bond donors (Lipinski definition) is 1. The van der Waals surface area contributed by atoms with E-state index in [1.54, 1.807) is 12.1 Å². The Hall–Kier alpha value is -3.68. The van der Waals surface area contributed by atoms with Crippen LogP contribution in [-0.2, 0) is 11.3 Å². The summed E-state index contributed by atoms with van der Waals surface area (Å²) in [5.74, 6) is 1.57. The molecule has 0 fully saturated rings. The normalized spacial score (nSPS) is 19.4. The lowest BCUT2D eigenvalue weighted by molar-refractivity contribution is 0.0600. The third kappa shape index (κ3) is 4.52. The average Bonchev–Trinajstić information content (AvgIpc) is 3.33. The van der Waals surface area contributed by atoms with Gasteiger partial charge in [-0.3, -0.25) is 0 Å². The van der Waals surface area contributed by atoms with Gasteiger partial charge in [-0.1, -0.05) is 50.1 Å². The minimum absolute atomic E-state index is 0.0266. The summed E-state index contributed by atoms with van der Waals surface area (Å²) in [6.07, 6.45) is 3.35. The molecule has 0 amide bonds. The molecule has 0 spiro atoms. The summed E-state index contributed by atoms with van der Waals surface area (Å²) in [6.45, 7) is 7.32. The van der Waals surface area contributed by atoms with Gasteiger partial charge in [0.05, 0.1) is 12.7 Å². The van der Waals surface area contributed by atoms with Crippen LogP contribution in [0.25, 0.3) is 0 Å². The predicted octanol–water partition coefficient (Wildman–Crippen LogP) is 5.15. The number of allylic oxidation sites excluding steroid dienone is 2. The number of carbonyl (C=O) groups is 1. The van der Waals surface area contributed by atoms with Crippen molar-refractivity contribution in [2.75, 3.05) is 12.4 Å². The van der Waals surface area contributed by atoms with E-state index in [9.17, 15) is 4.79 Å². The summed E-state index contributed by atoms with van der Waals surface area (Å²) in [5, 5.41) is 16.1. The number of rotatable bonds is 5. The minimum Gasteiger partial charge on any atom is -0.489 e. The van der Waals surface area contributed by atoms with Crippen LogP contribution >= 0.6 is 0 Å². The summed E-state index contributed by atoms with van der Waals surface area (Å²) in [5.41, 5.74) is 5.44. The van der Waals surface area contributed by atoms with E-state index in [0.717, 1.165) is 36.1 Å². The van der Waals surface area contributed by atoms with E-state index in [1.807, 2.05) is 28.9 Å². The fourth-order valence-electron chi connectivity index (χ4n) is 5.15. The molecular formula is C27H31N5O3. The van der Waals surface area contributed by atoms with Crippen molar-refractivity contribution in [1.82, 2.24) is 20.2 Å². The van der Waals surface area contributed by atoms with Gasteiger partial charge in [0.1, 0.15) is 18.4 Å². The zero-order valence-electron chi connectivity index (χ0n) is 20.6. The van der Waals surface area contributed by atoms with Gasteiger partial charge in [-0.15, -0.1) is 0 Å². The summed E-state index contributed by atoms with van der Waals surface area (Å²) < 4.78 is 12.6. The summed E-state index contributed by atoms with van der Waals surface area (Å²) in [7, 11) is 1.38. The van der Waals surface area contributed by atoms with Crippen molar-refractivity contribution in [2.45, 2.75) is 52.7 Å². The number of tetrazole rings is 1. The Morgan fingerprint density at radius 2 is 1.86 bits per heavy atom. The van der Waals surface area contributed by atoms with Crippen molar-refractivity contribution in [3.05, 3.63) is 76.5 Å². The first kappa shape index (κ1) is 23.1. The molecule has 8 heteroatoms. The molecule has 1 N–H and O–H groups in total. The first-order valence-corrected chi connectivity index (χ1v) is 12.0. The molecule has 0 unspecified atom stereocenters. The van der Waals surface area contributed by atoms with Crippen molar-refractivity contribution in [1.29, 1.82) is 0 Å². The highest BCUT2D eigenvalue weighted by molar-refractivity contribution is 5.89. The maximum Gasteiger partial charge on any atom is 0.337 e. The lowest BCUT2D eigenvalue weighted by atomic mass is 9.70. The number of anilines is 1. The highest BCUT2D eigenvalue weighted by atomic mass is 16.5. The molecule has 182 valence electrons. The van der Waals surface area contributed by atoms with Crippen LogP contribution in [0.3, 0.4) is 0 Å². The molecular weight excluding hydrogens is 442 g/mol. The molecule has 2 atom stereocenters. The molecule has 5 rings (SSSR count). The fourth-order valence-corrected chi connectivity index (χ4v) is 5.15. The van der Waals surface area contributed by atoms with Gasteiger partial charge in [-0.05, 0) is 76.1 Å². The second-order valence-corrected chi connectivity index (χ2v) is 10.3. The van der Waals surface area contributed by atoms with Crippen molar-refractivity contribution < 1.29 is 14.3 Å². The third-order valence-electron chi connectivity index (χ3n) is 6.97. The van der Waals surface area contributed by atoms with Crippen molar-refractivity contribution in [3.8, 4) is 5.75 Å². The Kier molecular flexibility index (Phi) is 6.05. The fraction of sp³-hybridized carbons (Fsp3) is 0.407. The van der Waals surface area contributed by atoms with Crippen molar-refractivity contribution in [3.63, 3.8) is 0 Å². The number of nitrogens with zero attached hydrogens (tertiary/aromatic N) is 4. The van der Waals surface area contributed by atoms with E-state index < -0.39 is 0 Å². The molecule has 0 radical (unpaired) electrons. The lowest BCUT2D eigenvalue weighted by Gasteiger charge is -2.42. The maximum absolute atomic E-state index is 11.6. The molecule has 2 aromatic carbocycles. The van der Waals surface area contributed by atoms with Gasteiger partial charge in [0.2, 0.25) is 5.95 Å². The average molecular weight is 474 g/mol. The van der Waals surface area contributed by atoms with Gasteiger partial charge in [0, 0.05) is 11.6 Å². The second-order valence-electron chi connectivity index (χ2n) is 10.3. The topological polar surface area (TPSA) is 91.2 Å². The molecule has 1 aromatic heterocycles. The smallest absolute Gasteiger partial charge is 0.337 e. The minimum atomic E-state index is -0.346. The molecule has 1 aliphatic heterocycles. The number of methoxy groups -OCH3 is 1. The van der Waals surface area contributed by atoms with Crippen LogP contribution in [0.5, 0.6) is 5.75 Å². The predicted molar refractivity (Wildman–Crippen MR) is 132 cm³/mol. The SMILES string of the molecule is COC(=O)c1ccc(COc2ccc([C@@H]3C4=C(Nc5nnnn53)[C@H](C(C)(C)C)CCC4)cc2)cc1. The number of aromatic nitrogens is 4. The molecule has 3 aromatic rings. The van der Waals surface area contributed by atoms with Crippen LogP contribution in [0, 0.1) is 11.3 Å². The van der Waals surface area contributed by atoms with Crippen LogP contribution in [0.2, 0.25) is 0 Å². The summed E-state index contributed by atoms with van der Waals surface area (Å²) in [4.78, 5) is 11.6. The largest absolute Gasteiger partial charge is 0.489 e. The Morgan fingerprint density at radius 3 is 2.54 bits per heavy atom. The van der Waals surface area contributed by atoms with Gasteiger partial charge in [-0.2, -0.15) is 4.68 Å². The van der Waals surface area contributed by atoms with E-state index in [0.29, 0.717) is 24.0 Å². The van der Waals surface area contributed by atoms with Gasteiger partial charge in [0.15, 0.2) is 0 Å². The van der Waals surface area contributed by atoms with Gasteiger partial charge in [-0.25, -0.2) is 4.79 Å². The van der Waals surface area contributed by atoms with E-state index in [-0.39, 0.29) is 17.4 Å². The zero-order chi connectivity index (χ0) is 24.6. The standard InChI is InChI=1S/C27H31N5O3/c1-27(2,3)22-7-5-6-21-23(22)28-26-29-30-31-32(26)24(21)18-12-14-20(15-13-18)35-16-17-8-10-19(11-9-17)25(33)34-4/h8-15,22,24H,5-7,16H2,1-4H3,(H,28,29,31)/t22-,24-/m1/s1. The van der Waals surface area contributed by atoms with E-state index in [2.05, 4.69) is 53.7 Å². The van der Waals surface area contributed by atoms with Gasteiger partial charge >= 0.3 is 5.97 Å². The molecule has 1 aliphatic carbocycles. The number of fused-ring (bicyclic) bond motifs is 1. The number of benzene rings is 2. The van der Waals surface area contributed by atoms with E-state index in [4.69, 9.17) is 9.47 Å². The molecule has 0 saturated carbocycles. The third-order valence-corrected chi connectivity index (χ3v) is 6.97. The maximum atomic E-state index is 11.6. The number of hydrogen-bond acceptors (Lipinski definition) is 7. The molecule has 0 bridgehead atoms. The van der Waals surface area contributed by atoms with Crippen LogP contribution in [0.15, 0.2) is 59.8 Å². The molecule has 35 heavy (non-hydrogen) atoms. The Labute approximate surface area is 205 Å². The Morgan fingerprint density at radius 1 is 1.11 bits per heavy atom. The van der Waals surface area contributed by atoms with Crippen molar-refractivity contribution in [2.24, 2.45) is 11.3 Å². The van der Waals surface area contributed by atoms with Gasteiger partial charge < -0.3 is 14.8 Å². The second kappa shape index (κ2) is 9.17. The van der Waals surface area contributed by atoms with Gasteiger partial charge in [0.25, 0.3) is 0 Å². The monoisotopic (exact) mass is 473 g/mol. The lowest BCUT2D eigenvalue weighted by Crippen LogP contribution is -2.35. The van der Waals surface area contributed by atoms with E-state index >= 15 is 0 Å². The molecule has 2 aliphatic rings. The first-order chi connectivity index (χ1) is 16.8. The zero-order valence-corrected chi connectivity index (χ0v) is 20.6. The molecule has 2 heterocycles. The quantitative estimate of drug-likeness (QED) is 0.512. The van der Waals surface area contributed by atoms with Crippen LogP contribution < -0.4 is 10.1 Å². The number of nitrogens with one attached hydrogen (secondary N) is 1. The summed E-state index contributed by atoms with van der Waals surface area (Å²) >= 11 is 0. The first-order valence-electron chi connectivity index (χ1n) is 12.0. The van der Waals surface area contributed by atoms with Crippen LogP contribution in [0.1, 0.15) is 67.6 Å². The van der Waals surface area contributed by atoms with Crippen LogP contribution in [0.4, 0.5) is 5.95 Å². The number of esters is 1. The number of carbonyl (C=O) groups excluding carboxylic acids is 1. The molecule has 8 nitrogen and oxygen atoms in total. The highest BCUT2D eigenvalue weighted by Gasteiger charge is 2.39. The number of ether oxygens (including phenoxy) is 2.